The molecule has 130 valence electrons. The van der Waals surface area contributed by atoms with Crippen LogP contribution in [0.1, 0.15) is 27.6 Å². The summed E-state index contributed by atoms with van der Waals surface area (Å²) in [5.41, 5.74) is 5.72. The van der Waals surface area contributed by atoms with Gasteiger partial charge in [-0.25, -0.2) is 4.79 Å². The first-order valence-electron chi connectivity index (χ1n) is 7.39. The van der Waals surface area contributed by atoms with E-state index in [1.807, 2.05) is 0 Å². The zero-order valence-corrected chi connectivity index (χ0v) is 14.1. The maximum absolute atomic E-state index is 12.0. The molecule has 2 rings (SSSR count). The molecule has 0 aliphatic heterocycles. The largest absolute Gasteiger partial charge is 0.450 e. The van der Waals surface area contributed by atoms with Gasteiger partial charge >= 0.3 is 6.09 Å². The van der Waals surface area contributed by atoms with E-state index in [9.17, 15) is 14.4 Å². The fourth-order valence-electron chi connectivity index (χ4n) is 1.88. The maximum atomic E-state index is 12.0. The minimum absolute atomic E-state index is 0.263. The Morgan fingerprint density at radius 1 is 0.960 bits per heavy atom. The summed E-state index contributed by atoms with van der Waals surface area (Å²) in [6.45, 7) is 1.96. The molecule has 25 heavy (non-hydrogen) atoms. The number of carbonyl (C=O) groups excluding carboxylic acids is 3. The van der Waals surface area contributed by atoms with Gasteiger partial charge in [-0.1, -0.05) is 17.7 Å². The molecule has 7 nitrogen and oxygen atoms in total. The predicted molar refractivity (Wildman–Crippen MR) is 93.5 cm³/mol. The zero-order chi connectivity index (χ0) is 18.2. The van der Waals surface area contributed by atoms with Crippen molar-refractivity contribution in [3.63, 3.8) is 0 Å². The van der Waals surface area contributed by atoms with Crippen LogP contribution in [0.4, 0.5) is 10.5 Å². The number of carbonyl (C=O) groups is 3. The standard InChI is InChI=1S/C17H16ClN3O4/c1-2-25-17(24)19-14-8-6-11(7-9-14)15(22)20-21-16(23)12-4-3-5-13(18)10-12/h3-10H,2H2,1H3,(H,19,24)(H,20,22)(H,21,23). The van der Waals surface area contributed by atoms with Gasteiger partial charge < -0.3 is 4.74 Å². The molecule has 0 spiro atoms. The fourth-order valence-corrected chi connectivity index (χ4v) is 2.07. The number of halogens is 1. The highest BCUT2D eigenvalue weighted by molar-refractivity contribution is 6.30. The van der Waals surface area contributed by atoms with Gasteiger partial charge in [-0.2, -0.15) is 0 Å². The molecule has 0 bridgehead atoms. The van der Waals surface area contributed by atoms with Crippen LogP contribution in [0.2, 0.25) is 5.02 Å². The molecule has 0 atom stereocenters. The number of amides is 3. The number of hydrogen-bond acceptors (Lipinski definition) is 4. The average Bonchev–Trinajstić information content (AvgIpc) is 2.60. The van der Waals surface area contributed by atoms with E-state index < -0.39 is 17.9 Å². The van der Waals surface area contributed by atoms with Crippen molar-refractivity contribution >= 4 is 35.2 Å². The highest BCUT2D eigenvalue weighted by Gasteiger charge is 2.10. The molecule has 0 unspecified atom stereocenters. The van der Waals surface area contributed by atoms with Crippen LogP contribution in [-0.2, 0) is 4.74 Å². The summed E-state index contributed by atoms with van der Waals surface area (Å²) in [6.07, 6.45) is -0.575. The van der Waals surface area contributed by atoms with Gasteiger partial charge in [-0.15, -0.1) is 0 Å². The van der Waals surface area contributed by atoms with Crippen molar-refractivity contribution in [1.29, 1.82) is 0 Å². The van der Waals surface area contributed by atoms with Gasteiger partial charge in [0.15, 0.2) is 0 Å². The van der Waals surface area contributed by atoms with Gasteiger partial charge in [0.25, 0.3) is 11.8 Å². The molecule has 0 radical (unpaired) electrons. The monoisotopic (exact) mass is 361 g/mol. The second-order valence-corrected chi connectivity index (χ2v) is 5.28. The molecule has 0 aromatic heterocycles. The van der Waals surface area contributed by atoms with Gasteiger partial charge in [-0.05, 0) is 49.4 Å². The summed E-state index contributed by atoms with van der Waals surface area (Å²) in [5, 5.41) is 2.93. The second-order valence-electron chi connectivity index (χ2n) is 4.84. The maximum Gasteiger partial charge on any atom is 0.411 e. The van der Waals surface area contributed by atoms with Crippen LogP contribution in [0.3, 0.4) is 0 Å². The highest BCUT2D eigenvalue weighted by Crippen LogP contribution is 2.11. The van der Waals surface area contributed by atoms with E-state index in [0.717, 1.165) is 0 Å². The first-order chi connectivity index (χ1) is 12.0. The molecule has 0 heterocycles. The van der Waals surface area contributed by atoms with E-state index >= 15 is 0 Å². The lowest BCUT2D eigenvalue weighted by Gasteiger charge is -2.09. The van der Waals surface area contributed by atoms with Crippen molar-refractivity contribution in [3.05, 3.63) is 64.7 Å². The lowest BCUT2D eigenvalue weighted by molar-refractivity contribution is 0.0846. The number of nitrogens with one attached hydrogen (secondary N) is 3. The fraction of sp³-hybridized carbons (Fsp3) is 0.118. The van der Waals surface area contributed by atoms with Crippen LogP contribution in [-0.4, -0.2) is 24.5 Å². The number of anilines is 1. The van der Waals surface area contributed by atoms with Gasteiger partial charge in [0.2, 0.25) is 0 Å². The number of rotatable bonds is 4. The summed E-state index contributed by atoms with van der Waals surface area (Å²) in [4.78, 5) is 35.2. The van der Waals surface area contributed by atoms with Crippen molar-refractivity contribution in [2.24, 2.45) is 0 Å². The Bertz CT molecular complexity index is 778. The molecule has 0 saturated heterocycles. The number of hydrogen-bond donors (Lipinski definition) is 3. The van der Waals surface area contributed by atoms with Gasteiger partial charge in [0.1, 0.15) is 0 Å². The van der Waals surface area contributed by atoms with Crippen molar-refractivity contribution in [3.8, 4) is 0 Å². The third-order valence-corrected chi connectivity index (χ3v) is 3.28. The molecule has 2 aromatic rings. The molecule has 0 fully saturated rings. The molecular formula is C17H16ClN3O4. The lowest BCUT2D eigenvalue weighted by Crippen LogP contribution is -2.41. The first-order valence-corrected chi connectivity index (χ1v) is 7.77. The number of hydrazine groups is 1. The second kappa shape index (κ2) is 8.70. The first kappa shape index (κ1) is 18.3. The van der Waals surface area contributed by atoms with E-state index in [1.54, 1.807) is 37.3 Å². The summed E-state index contributed by atoms with van der Waals surface area (Å²) in [5.74, 6) is -0.991. The van der Waals surface area contributed by atoms with E-state index in [2.05, 4.69) is 16.2 Å². The Kier molecular flexibility index (Phi) is 6.36. The van der Waals surface area contributed by atoms with Crippen LogP contribution in [0, 0.1) is 0 Å². The average molecular weight is 362 g/mol. The summed E-state index contributed by atoms with van der Waals surface area (Å²) >= 11 is 5.81. The summed E-state index contributed by atoms with van der Waals surface area (Å²) in [6, 6.07) is 12.4. The molecule has 2 aromatic carbocycles. The SMILES string of the molecule is CCOC(=O)Nc1ccc(C(=O)NNC(=O)c2cccc(Cl)c2)cc1. The van der Waals surface area contributed by atoms with Crippen LogP contribution in [0.15, 0.2) is 48.5 Å². The van der Waals surface area contributed by atoms with Crippen LogP contribution < -0.4 is 16.2 Å². The van der Waals surface area contributed by atoms with E-state index in [1.165, 1.54) is 18.2 Å². The Hall–Kier alpha value is -3.06. The molecule has 3 amide bonds. The topological polar surface area (TPSA) is 96.5 Å². The van der Waals surface area contributed by atoms with Crippen LogP contribution in [0.25, 0.3) is 0 Å². The van der Waals surface area contributed by atoms with Crippen LogP contribution >= 0.6 is 11.6 Å². The van der Waals surface area contributed by atoms with Gasteiger partial charge in [0, 0.05) is 21.8 Å². The molecule has 8 heteroatoms. The van der Waals surface area contributed by atoms with E-state index in [0.29, 0.717) is 21.8 Å². The van der Waals surface area contributed by atoms with Gasteiger partial charge in [0.05, 0.1) is 6.61 Å². The Balaban J connectivity index is 1.90. The van der Waals surface area contributed by atoms with Crippen LogP contribution in [0.5, 0.6) is 0 Å². The zero-order valence-electron chi connectivity index (χ0n) is 13.3. The van der Waals surface area contributed by atoms with Crippen molar-refractivity contribution in [1.82, 2.24) is 10.9 Å². The smallest absolute Gasteiger partial charge is 0.411 e. The molecular weight excluding hydrogens is 346 g/mol. The van der Waals surface area contributed by atoms with Crippen molar-refractivity contribution < 1.29 is 19.1 Å². The Morgan fingerprint density at radius 3 is 2.20 bits per heavy atom. The highest BCUT2D eigenvalue weighted by atomic mass is 35.5. The van der Waals surface area contributed by atoms with E-state index in [4.69, 9.17) is 16.3 Å². The Labute approximate surface area is 149 Å². The van der Waals surface area contributed by atoms with E-state index in [-0.39, 0.29) is 6.61 Å². The number of ether oxygens (including phenoxy) is 1. The number of benzene rings is 2. The lowest BCUT2D eigenvalue weighted by atomic mass is 10.2. The van der Waals surface area contributed by atoms with Crippen molar-refractivity contribution in [2.75, 3.05) is 11.9 Å². The quantitative estimate of drug-likeness (QED) is 0.729. The predicted octanol–water partition coefficient (Wildman–Crippen LogP) is 2.98. The minimum Gasteiger partial charge on any atom is -0.450 e. The minimum atomic E-state index is -0.575. The third kappa shape index (κ3) is 5.50. The molecule has 0 saturated carbocycles. The Morgan fingerprint density at radius 2 is 1.60 bits per heavy atom. The molecule has 0 aliphatic carbocycles. The summed E-state index contributed by atoms with van der Waals surface area (Å²) in [7, 11) is 0. The molecule has 0 aliphatic rings. The molecule has 3 N–H and O–H groups in total. The van der Waals surface area contributed by atoms with Crippen molar-refractivity contribution in [2.45, 2.75) is 6.92 Å². The third-order valence-electron chi connectivity index (χ3n) is 3.05. The van der Waals surface area contributed by atoms with Gasteiger partial charge in [-0.3, -0.25) is 25.8 Å². The summed E-state index contributed by atoms with van der Waals surface area (Å²) < 4.78 is 4.75. The normalized spacial score (nSPS) is 9.84.